The van der Waals surface area contributed by atoms with Crippen molar-refractivity contribution < 1.29 is 8.78 Å². The van der Waals surface area contributed by atoms with E-state index in [1.165, 1.54) is 76.7 Å². The maximum Gasteiger partial charge on any atom is 0.160 e. The molecule has 0 aliphatic heterocycles. The van der Waals surface area contributed by atoms with E-state index < -0.39 is 11.6 Å². The van der Waals surface area contributed by atoms with Crippen LogP contribution in [-0.2, 0) is 0 Å². The first-order chi connectivity index (χ1) is 13.7. The third-order valence-corrected chi connectivity index (χ3v) is 7.14. The zero-order valence-corrected chi connectivity index (χ0v) is 17.5. The minimum absolute atomic E-state index is 0.416. The first kappa shape index (κ1) is 21.4. The second-order valence-corrected chi connectivity index (χ2v) is 9.14. The Morgan fingerprint density at radius 1 is 0.821 bits per heavy atom. The molecule has 0 aromatic heterocycles. The Balaban J connectivity index is 1.38. The monoisotopic (exact) mass is 386 g/mol. The summed E-state index contributed by atoms with van der Waals surface area (Å²) in [6, 6.07) is 3.93. The second-order valence-electron chi connectivity index (χ2n) is 9.14. The Morgan fingerprint density at radius 2 is 1.50 bits per heavy atom. The molecule has 0 bridgehead atoms. The fourth-order valence-corrected chi connectivity index (χ4v) is 5.30. The standard InChI is InChI=1S/C26H36F2/c1-2-3-4-5-6-20-9-14-23(15-10-20)24-16-11-21(12-17-24)7-8-22-13-18-25(27)26(28)19-22/h13,18-21,23-24H,2-6,9-12,14-17H2,1H3/t20-,21-,23-,24-. The van der Waals surface area contributed by atoms with E-state index in [0.717, 1.165) is 36.7 Å². The lowest BCUT2D eigenvalue weighted by Crippen LogP contribution is -2.25. The van der Waals surface area contributed by atoms with E-state index in [1.807, 2.05) is 0 Å². The highest BCUT2D eigenvalue weighted by atomic mass is 19.2. The number of unbranched alkanes of at least 4 members (excludes halogenated alkanes) is 3. The van der Waals surface area contributed by atoms with Crippen molar-refractivity contribution in [3.05, 3.63) is 35.4 Å². The molecule has 0 spiro atoms. The summed E-state index contributed by atoms with van der Waals surface area (Å²) < 4.78 is 26.3. The number of benzene rings is 1. The first-order valence-electron chi connectivity index (χ1n) is 11.6. The Bertz CT molecular complexity index is 653. The number of halogens is 2. The molecule has 3 rings (SSSR count). The van der Waals surface area contributed by atoms with Crippen LogP contribution in [0.25, 0.3) is 0 Å². The van der Waals surface area contributed by atoms with Crippen LogP contribution in [0.4, 0.5) is 8.78 Å². The lowest BCUT2D eigenvalue weighted by Gasteiger charge is -2.37. The highest BCUT2D eigenvalue weighted by molar-refractivity contribution is 5.35. The summed E-state index contributed by atoms with van der Waals surface area (Å²) in [4.78, 5) is 0. The largest absolute Gasteiger partial charge is 0.204 e. The lowest BCUT2D eigenvalue weighted by molar-refractivity contribution is 0.153. The molecule has 2 aliphatic rings. The van der Waals surface area contributed by atoms with Gasteiger partial charge in [-0.25, -0.2) is 8.78 Å². The van der Waals surface area contributed by atoms with E-state index in [4.69, 9.17) is 0 Å². The number of hydrogen-bond donors (Lipinski definition) is 0. The van der Waals surface area contributed by atoms with E-state index in [1.54, 1.807) is 6.07 Å². The van der Waals surface area contributed by atoms with Crippen molar-refractivity contribution in [1.29, 1.82) is 0 Å². The van der Waals surface area contributed by atoms with Crippen LogP contribution in [0.15, 0.2) is 18.2 Å². The molecule has 0 amide bonds. The molecule has 0 heterocycles. The van der Waals surface area contributed by atoms with Gasteiger partial charge in [-0.1, -0.05) is 63.7 Å². The molecule has 0 radical (unpaired) electrons. The summed E-state index contributed by atoms with van der Waals surface area (Å²) in [5.41, 5.74) is 0.582. The van der Waals surface area contributed by atoms with E-state index in [0.29, 0.717) is 11.5 Å². The molecule has 1 aromatic rings. The van der Waals surface area contributed by atoms with Gasteiger partial charge in [0.1, 0.15) is 0 Å². The predicted molar refractivity (Wildman–Crippen MR) is 113 cm³/mol. The molecule has 0 unspecified atom stereocenters. The number of hydrogen-bond acceptors (Lipinski definition) is 0. The van der Waals surface area contributed by atoms with Crippen molar-refractivity contribution in [3.63, 3.8) is 0 Å². The first-order valence-corrected chi connectivity index (χ1v) is 11.6. The molecule has 2 fully saturated rings. The predicted octanol–water partition coefficient (Wildman–Crippen LogP) is 7.90. The quantitative estimate of drug-likeness (QED) is 0.344. The van der Waals surface area contributed by atoms with Crippen molar-refractivity contribution in [3.8, 4) is 11.8 Å². The molecule has 0 N–H and O–H groups in total. The molecule has 0 nitrogen and oxygen atoms in total. The maximum atomic E-state index is 13.3. The van der Waals surface area contributed by atoms with Crippen molar-refractivity contribution in [2.75, 3.05) is 0 Å². The highest BCUT2D eigenvalue weighted by Gasteiger charge is 2.30. The summed E-state index contributed by atoms with van der Waals surface area (Å²) in [5.74, 6) is 7.99. The molecule has 0 atom stereocenters. The van der Waals surface area contributed by atoms with Crippen molar-refractivity contribution in [2.45, 2.75) is 90.4 Å². The van der Waals surface area contributed by atoms with Gasteiger partial charge in [0.15, 0.2) is 11.6 Å². The van der Waals surface area contributed by atoms with Gasteiger partial charge in [0.25, 0.3) is 0 Å². The van der Waals surface area contributed by atoms with E-state index in [2.05, 4.69) is 18.8 Å². The lowest BCUT2D eigenvalue weighted by atomic mass is 9.69. The fraction of sp³-hybridized carbons (Fsp3) is 0.692. The summed E-state index contributed by atoms with van der Waals surface area (Å²) in [6.07, 6.45) is 17.7. The Morgan fingerprint density at radius 3 is 2.14 bits per heavy atom. The molecule has 28 heavy (non-hydrogen) atoms. The zero-order chi connectivity index (χ0) is 19.8. The maximum absolute atomic E-state index is 13.3. The molecular weight excluding hydrogens is 350 g/mol. The summed E-state index contributed by atoms with van der Waals surface area (Å²) in [6.45, 7) is 2.29. The summed E-state index contributed by atoms with van der Waals surface area (Å²) >= 11 is 0. The van der Waals surface area contributed by atoms with Gasteiger partial charge in [0.05, 0.1) is 0 Å². The van der Waals surface area contributed by atoms with Gasteiger partial charge in [-0.3, -0.25) is 0 Å². The molecule has 1 aromatic carbocycles. The molecule has 0 saturated heterocycles. The molecule has 2 saturated carbocycles. The molecule has 2 heteroatoms. The summed E-state index contributed by atoms with van der Waals surface area (Å²) in [7, 11) is 0. The third-order valence-electron chi connectivity index (χ3n) is 7.14. The van der Waals surface area contributed by atoms with Gasteiger partial charge in [-0.15, -0.1) is 0 Å². The van der Waals surface area contributed by atoms with Crippen molar-refractivity contribution >= 4 is 0 Å². The van der Waals surface area contributed by atoms with Crippen LogP contribution >= 0.6 is 0 Å². The van der Waals surface area contributed by atoms with E-state index in [9.17, 15) is 8.78 Å². The van der Waals surface area contributed by atoms with Crippen LogP contribution in [0.3, 0.4) is 0 Å². The van der Waals surface area contributed by atoms with Crippen molar-refractivity contribution in [2.24, 2.45) is 23.7 Å². The third kappa shape index (κ3) is 6.33. The van der Waals surface area contributed by atoms with Crippen LogP contribution in [0.1, 0.15) is 96.0 Å². The van der Waals surface area contributed by atoms with E-state index in [-0.39, 0.29) is 0 Å². The highest BCUT2D eigenvalue weighted by Crippen LogP contribution is 2.42. The van der Waals surface area contributed by atoms with Crippen LogP contribution in [0.5, 0.6) is 0 Å². The van der Waals surface area contributed by atoms with Gasteiger partial charge >= 0.3 is 0 Å². The Kier molecular flexibility index (Phi) is 8.38. The summed E-state index contributed by atoms with van der Waals surface area (Å²) in [5, 5.41) is 0. The molecule has 2 aliphatic carbocycles. The van der Waals surface area contributed by atoms with Gasteiger partial charge < -0.3 is 0 Å². The van der Waals surface area contributed by atoms with Gasteiger partial charge in [0.2, 0.25) is 0 Å². The average molecular weight is 387 g/mol. The van der Waals surface area contributed by atoms with Gasteiger partial charge in [-0.2, -0.15) is 0 Å². The molecule has 154 valence electrons. The van der Waals surface area contributed by atoms with Crippen molar-refractivity contribution in [1.82, 2.24) is 0 Å². The van der Waals surface area contributed by atoms with Gasteiger partial charge in [-0.05, 0) is 74.5 Å². The SMILES string of the molecule is CCCCCC[C@H]1CC[C@H]([C@H]2CC[C@H](C#Cc3ccc(F)c(F)c3)CC2)CC1. The Hall–Kier alpha value is -1.36. The van der Waals surface area contributed by atoms with Crippen LogP contribution in [0.2, 0.25) is 0 Å². The zero-order valence-electron chi connectivity index (χ0n) is 17.5. The van der Waals surface area contributed by atoms with Crippen LogP contribution < -0.4 is 0 Å². The smallest absolute Gasteiger partial charge is 0.160 e. The average Bonchev–Trinajstić information content (AvgIpc) is 2.73. The Labute approximate surface area is 170 Å². The normalized spacial score (nSPS) is 27.8. The van der Waals surface area contributed by atoms with Gasteiger partial charge in [0, 0.05) is 11.5 Å². The van der Waals surface area contributed by atoms with Crippen LogP contribution in [-0.4, -0.2) is 0 Å². The second kappa shape index (κ2) is 11.0. The minimum atomic E-state index is -0.809. The number of rotatable bonds is 6. The van der Waals surface area contributed by atoms with E-state index >= 15 is 0 Å². The van der Waals surface area contributed by atoms with Crippen LogP contribution in [0, 0.1) is 47.1 Å². The topological polar surface area (TPSA) is 0 Å². The minimum Gasteiger partial charge on any atom is -0.204 e. The molecular formula is C26H36F2. The fourth-order valence-electron chi connectivity index (χ4n) is 5.30.